The highest BCUT2D eigenvalue weighted by molar-refractivity contribution is 5.79. The number of aryl methyl sites for hydroxylation is 1. The van der Waals surface area contributed by atoms with Gasteiger partial charge in [-0.3, -0.25) is 13.7 Å². The third-order valence-electron chi connectivity index (χ3n) is 6.51. The second-order valence-corrected chi connectivity index (χ2v) is 8.85. The highest BCUT2D eigenvalue weighted by atomic mass is 19.1. The van der Waals surface area contributed by atoms with Crippen LogP contribution in [0, 0.1) is 11.3 Å². The van der Waals surface area contributed by atoms with Crippen molar-refractivity contribution in [1.82, 2.24) is 28.7 Å². The molecule has 0 N–H and O–H groups in total. The van der Waals surface area contributed by atoms with E-state index in [1.54, 1.807) is 53.0 Å². The number of halogens is 1. The molecule has 0 radical (unpaired) electrons. The summed E-state index contributed by atoms with van der Waals surface area (Å²) in [4.78, 5) is 26.9. The molecule has 0 saturated carbocycles. The van der Waals surface area contributed by atoms with E-state index in [1.165, 1.54) is 17.6 Å². The number of fused-ring (bicyclic) bond motifs is 2. The molecule has 9 nitrogen and oxygen atoms in total. The van der Waals surface area contributed by atoms with Crippen molar-refractivity contribution >= 4 is 22.2 Å². The number of nitriles is 1. The van der Waals surface area contributed by atoms with Crippen LogP contribution in [0.25, 0.3) is 28.1 Å². The van der Waals surface area contributed by atoms with Crippen LogP contribution in [0.3, 0.4) is 0 Å². The molecule has 0 spiro atoms. The summed E-state index contributed by atoms with van der Waals surface area (Å²) in [5.41, 5.74) is 1.88. The Hall–Kier alpha value is -4.26. The molecule has 34 heavy (non-hydrogen) atoms. The molecule has 1 aliphatic heterocycles. The molecule has 3 aromatic heterocycles. The fraction of sp³-hybridized carbons (Fsp3) is 0.292. The number of benzene rings is 1. The van der Waals surface area contributed by atoms with Crippen LogP contribution in [0.1, 0.15) is 31.4 Å². The molecule has 0 amide bonds. The van der Waals surface area contributed by atoms with E-state index in [9.17, 15) is 14.4 Å². The summed E-state index contributed by atoms with van der Waals surface area (Å²) in [6.07, 6.45) is 7.03. The van der Waals surface area contributed by atoms with Gasteiger partial charge in [-0.1, -0.05) is 0 Å². The predicted molar refractivity (Wildman–Crippen MR) is 122 cm³/mol. The van der Waals surface area contributed by atoms with Crippen molar-refractivity contribution in [2.24, 2.45) is 7.05 Å². The SMILES string of the molecule is Cn1c(=O)n([C@@H]2CCOC3=C2CC(C)(F)C=C3)c2nc(-n3cnc4ccc(C#N)cc43)ncc21. The molecule has 2 aliphatic rings. The standard InChI is InChI=1S/C24H20FN7O2/c1-24(25)7-5-20-15(10-24)17(6-8-34-20)32-21-19(30(2)23(32)33)12-27-22(29-21)31-13-28-16-4-3-14(11-26)9-18(16)31/h3-5,7,9,12-13,17H,6,8,10H2,1-2H3/t17-,24?/m1/s1. The number of hydrogen-bond acceptors (Lipinski definition) is 6. The number of allylic oxidation sites excluding steroid dienone is 3. The summed E-state index contributed by atoms with van der Waals surface area (Å²) in [6, 6.07) is 6.94. The van der Waals surface area contributed by atoms with Crippen LogP contribution >= 0.6 is 0 Å². The summed E-state index contributed by atoms with van der Waals surface area (Å²) in [5.74, 6) is 0.943. The molecule has 1 aliphatic carbocycles. The number of hydrogen-bond donors (Lipinski definition) is 0. The molecule has 4 heterocycles. The fourth-order valence-corrected chi connectivity index (χ4v) is 4.80. The van der Waals surface area contributed by atoms with Crippen molar-refractivity contribution in [3.05, 3.63) is 70.3 Å². The first-order chi connectivity index (χ1) is 16.4. The van der Waals surface area contributed by atoms with Crippen LogP contribution in [0.2, 0.25) is 0 Å². The van der Waals surface area contributed by atoms with Crippen LogP contribution in [0.15, 0.2) is 59.0 Å². The highest BCUT2D eigenvalue weighted by Gasteiger charge is 2.36. The number of rotatable bonds is 2. The Kier molecular flexibility index (Phi) is 4.26. The van der Waals surface area contributed by atoms with Crippen molar-refractivity contribution < 1.29 is 9.13 Å². The van der Waals surface area contributed by atoms with Crippen LogP contribution in [0.4, 0.5) is 4.39 Å². The van der Waals surface area contributed by atoms with Gasteiger partial charge in [0.05, 0.1) is 41.5 Å². The van der Waals surface area contributed by atoms with Crippen LogP contribution in [0.5, 0.6) is 0 Å². The van der Waals surface area contributed by atoms with Gasteiger partial charge in [-0.2, -0.15) is 10.2 Å². The van der Waals surface area contributed by atoms with Crippen molar-refractivity contribution in [3.8, 4) is 12.0 Å². The summed E-state index contributed by atoms with van der Waals surface area (Å²) in [5, 5.41) is 9.29. The van der Waals surface area contributed by atoms with Gasteiger partial charge in [0.1, 0.15) is 23.3 Å². The third-order valence-corrected chi connectivity index (χ3v) is 6.51. The monoisotopic (exact) mass is 457 g/mol. The molecule has 0 bridgehead atoms. The minimum absolute atomic E-state index is 0.146. The highest BCUT2D eigenvalue weighted by Crippen LogP contribution is 2.41. The Morgan fingerprint density at radius 1 is 1.29 bits per heavy atom. The van der Waals surface area contributed by atoms with E-state index in [4.69, 9.17) is 9.72 Å². The molecule has 10 heteroatoms. The molecular weight excluding hydrogens is 437 g/mol. The van der Waals surface area contributed by atoms with Gasteiger partial charge in [-0.05, 0) is 42.8 Å². The average molecular weight is 457 g/mol. The Morgan fingerprint density at radius 3 is 2.97 bits per heavy atom. The van der Waals surface area contributed by atoms with E-state index in [1.807, 2.05) is 0 Å². The van der Waals surface area contributed by atoms with Crippen LogP contribution in [-0.2, 0) is 11.8 Å². The van der Waals surface area contributed by atoms with E-state index in [2.05, 4.69) is 16.0 Å². The summed E-state index contributed by atoms with van der Waals surface area (Å²) in [7, 11) is 1.67. The predicted octanol–water partition coefficient (Wildman–Crippen LogP) is 3.24. The molecule has 1 aromatic carbocycles. The van der Waals surface area contributed by atoms with E-state index < -0.39 is 5.67 Å². The lowest BCUT2D eigenvalue weighted by Crippen LogP contribution is -2.34. The zero-order chi connectivity index (χ0) is 23.6. The first kappa shape index (κ1) is 20.4. The summed E-state index contributed by atoms with van der Waals surface area (Å²) >= 11 is 0. The van der Waals surface area contributed by atoms with Crippen molar-refractivity contribution in [2.75, 3.05) is 6.61 Å². The molecule has 1 unspecified atom stereocenters. The summed E-state index contributed by atoms with van der Waals surface area (Å²) in [6.45, 7) is 1.94. The first-order valence-corrected chi connectivity index (χ1v) is 10.9. The smallest absolute Gasteiger partial charge is 0.330 e. The van der Waals surface area contributed by atoms with Gasteiger partial charge in [-0.15, -0.1) is 0 Å². The maximum atomic E-state index is 14.9. The van der Waals surface area contributed by atoms with Gasteiger partial charge in [-0.25, -0.2) is 19.2 Å². The van der Waals surface area contributed by atoms with E-state index in [0.29, 0.717) is 52.5 Å². The van der Waals surface area contributed by atoms with Gasteiger partial charge >= 0.3 is 5.69 Å². The van der Waals surface area contributed by atoms with Gasteiger partial charge in [0, 0.05) is 19.9 Å². The Bertz CT molecular complexity index is 1650. The number of nitrogens with zero attached hydrogens (tertiary/aromatic N) is 7. The minimum Gasteiger partial charge on any atom is -0.493 e. The van der Waals surface area contributed by atoms with E-state index in [-0.39, 0.29) is 18.2 Å². The lowest BCUT2D eigenvalue weighted by atomic mass is 9.85. The van der Waals surface area contributed by atoms with E-state index in [0.717, 1.165) is 5.57 Å². The molecule has 170 valence electrons. The maximum Gasteiger partial charge on any atom is 0.330 e. The fourth-order valence-electron chi connectivity index (χ4n) is 4.80. The maximum absolute atomic E-state index is 14.9. The van der Waals surface area contributed by atoms with Crippen LogP contribution < -0.4 is 5.69 Å². The number of ether oxygens (including phenoxy) is 1. The van der Waals surface area contributed by atoms with Gasteiger partial charge in [0.2, 0.25) is 5.95 Å². The van der Waals surface area contributed by atoms with Crippen molar-refractivity contribution in [3.63, 3.8) is 0 Å². The van der Waals surface area contributed by atoms with Crippen molar-refractivity contribution in [2.45, 2.75) is 31.5 Å². The molecule has 4 aromatic rings. The van der Waals surface area contributed by atoms with Gasteiger partial charge in [0.25, 0.3) is 0 Å². The Labute approximate surface area is 193 Å². The third kappa shape index (κ3) is 2.97. The normalized spacial score (nSPS) is 22.1. The topological polar surface area (TPSA) is 104 Å². The lowest BCUT2D eigenvalue weighted by Gasteiger charge is -2.34. The Morgan fingerprint density at radius 2 is 2.15 bits per heavy atom. The second-order valence-electron chi connectivity index (χ2n) is 8.85. The molecule has 0 saturated heterocycles. The second kappa shape index (κ2) is 7.12. The first-order valence-electron chi connectivity index (χ1n) is 10.9. The largest absolute Gasteiger partial charge is 0.493 e. The Balaban J connectivity index is 1.55. The van der Waals surface area contributed by atoms with Gasteiger partial charge in [0.15, 0.2) is 5.65 Å². The number of aromatic nitrogens is 6. The zero-order valence-corrected chi connectivity index (χ0v) is 18.6. The number of alkyl halides is 1. The number of imidazole rings is 2. The molecule has 2 atom stereocenters. The minimum atomic E-state index is -1.51. The lowest BCUT2D eigenvalue weighted by molar-refractivity contribution is 0.154. The average Bonchev–Trinajstić information content (AvgIpc) is 3.36. The zero-order valence-electron chi connectivity index (χ0n) is 18.6. The van der Waals surface area contributed by atoms with E-state index >= 15 is 0 Å². The van der Waals surface area contributed by atoms with Crippen LogP contribution in [-0.4, -0.2) is 40.9 Å². The molecular formula is C24H20FN7O2. The molecule has 6 rings (SSSR count). The van der Waals surface area contributed by atoms with Gasteiger partial charge < -0.3 is 4.74 Å². The van der Waals surface area contributed by atoms with Crippen molar-refractivity contribution in [1.29, 1.82) is 5.26 Å². The summed E-state index contributed by atoms with van der Waals surface area (Å²) < 4.78 is 25.5. The quantitative estimate of drug-likeness (QED) is 0.458. The molecule has 0 fully saturated rings.